The van der Waals surface area contributed by atoms with Crippen LogP contribution in [0.5, 0.6) is 0 Å². The zero-order chi connectivity index (χ0) is 16.0. The minimum atomic E-state index is -0.440. The summed E-state index contributed by atoms with van der Waals surface area (Å²) in [5.41, 5.74) is 0.310. The Hall–Kier alpha value is -1.06. The number of carbonyl (C=O) groups is 2. The fourth-order valence-electron chi connectivity index (χ4n) is 4.49. The van der Waals surface area contributed by atoms with Gasteiger partial charge in [0.2, 0.25) is 11.8 Å². The number of hydrogen-bond acceptors (Lipinski definition) is 2. The third-order valence-electron chi connectivity index (χ3n) is 5.75. The molecule has 22 heavy (non-hydrogen) atoms. The van der Waals surface area contributed by atoms with Crippen LogP contribution in [0.25, 0.3) is 0 Å². The minimum absolute atomic E-state index is 0.0454. The molecule has 0 aromatic heterocycles. The summed E-state index contributed by atoms with van der Waals surface area (Å²) in [6.45, 7) is 4.00. The summed E-state index contributed by atoms with van der Waals surface area (Å²) in [7, 11) is 0. The molecule has 0 bridgehead atoms. The van der Waals surface area contributed by atoms with Crippen LogP contribution in [0.15, 0.2) is 0 Å². The van der Waals surface area contributed by atoms with Crippen molar-refractivity contribution in [1.82, 2.24) is 10.6 Å². The van der Waals surface area contributed by atoms with Gasteiger partial charge in [0.05, 0.1) is 0 Å². The minimum Gasteiger partial charge on any atom is -0.354 e. The molecule has 0 radical (unpaired) electrons. The van der Waals surface area contributed by atoms with Gasteiger partial charge in [0.1, 0.15) is 6.04 Å². The van der Waals surface area contributed by atoms with Gasteiger partial charge in [-0.1, -0.05) is 38.5 Å². The summed E-state index contributed by atoms with van der Waals surface area (Å²) in [4.78, 5) is 23.3. The molecule has 0 aromatic carbocycles. The number of carbonyl (C=O) groups excluding carboxylic acids is 2. The zero-order valence-electron chi connectivity index (χ0n) is 14.2. The number of nitrogens with one attached hydrogen (secondary N) is 2. The Morgan fingerprint density at radius 1 is 1.05 bits per heavy atom. The van der Waals surface area contributed by atoms with Gasteiger partial charge in [0, 0.05) is 13.5 Å². The molecule has 2 aliphatic rings. The molecule has 1 atom stereocenters. The van der Waals surface area contributed by atoms with E-state index in [2.05, 4.69) is 10.6 Å². The third kappa shape index (κ3) is 4.47. The van der Waals surface area contributed by atoms with Crippen LogP contribution in [0.4, 0.5) is 0 Å². The van der Waals surface area contributed by atoms with Crippen molar-refractivity contribution in [2.24, 2.45) is 11.3 Å². The smallest absolute Gasteiger partial charge is 0.242 e. The van der Waals surface area contributed by atoms with E-state index in [1.165, 1.54) is 71.1 Å². The number of amides is 2. The molecule has 0 aromatic rings. The first kappa shape index (κ1) is 17.3. The van der Waals surface area contributed by atoms with Crippen molar-refractivity contribution in [2.75, 3.05) is 6.54 Å². The molecule has 1 unspecified atom stereocenters. The molecule has 2 aliphatic carbocycles. The van der Waals surface area contributed by atoms with Gasteiger partial charge in [-0.2, -0.15) is 0 Å². The number of rotatable bonds is 5. The Kier molecular flexibility index (Phi) is 6.27. The Morgan fingerprint density at radius 3 is 2.23 bits per heavy atom. The lowest BCUT2D eigenvalue weighted by Crippen LogP contribution is -2.50. The highest BCUT2D eigenvalue weighted by Crippen LogP contribution is 2.47. The maximum Gasteiger partial charge on any atom is 0.242 e. The summed E-state index contributed by atoms with van der Waals surface area (Å²) in [6.07, 6.45) is 13.2. The van der Waals surface area contributed by atoms with E-state index in [-0.39, 0.29) is 11.8 Å². The largest absolute Gasteiger partial charge is 0.354 e. The van der Waals surface area contributed by atoms with E-state index >= 15 is 0 Å². The molecule has 2 fully saturated rings. The molecular formula is C18H32N2O2. The van der Waals surface area contributed by atoms with Crippen molar-refractivity contribution < 1.29 is 9.59 Å². The highest BCUT2D eigenvalue weighted by Gasteiger charge is 2.40. The molecular weight excluding hydrogens is 276 g/mol. The van der Waals surface area contributed by atoms with E-state index in [0.717, 1.165) is 12.5 Å². The Morgan fingerprint density at radius 2 is 1.64 bits per heavy atom. The van der Waals surface area contributed by atoms with Crippen LogP contribution >= 0.6 is 0 Å². The van der Waals surface area contributed by atoms with Crippen LogP contribution in [-0.2, 0) is 9.59 Å². The molecule has 4 heteroatoms. The quantitative estimate of drug-likeness (QED) is 0.819. The van der Waals surface area contributed by atoms with Crippen molar-refractivity contribution >= 4 is 11.8 Å². The van der Waals surface area contributed by atoms with Gasteiger partial charge in [-0.25, -0.2) is 0 Å². The van der Waals surface area contributed by atoms with Crippen molar-refractivity contribution in [1.29, 1.82) is 0 Å². The number of hydrogen-bond donors (Lipinski definition) is 2. The van der Waals surface area contributed by atoms with Crippen molar-refractivity contribution in [3.05, 3.63) is 0 Å². The second-order valence-electron chi connectivity index (χ2n) is 7.40. The predicted octanol–water partition coefficient (Wildman–Crippen LogP) is 3.16. The van der Waals surface area contributed by atoms with Gasteiger partial charge >= 0.3 is 0 Å². The van der Waals surface area contributed by atoms with E-state index in [1.807, 2.05) is 0 Å². The first-order chi connectivity index (χ1) is 10.5. The summed E-state index contributed by atoms with van der Waals surface area (Å²) in [5.74, 6) is 0.580. The molecule has 4 nitrogen and oxygen atoms in total. The van der Waals surface area contributed by atoms with Crippen molar-refractivity contribution in [2.45, 2.75) is 84.1 Å². The monoisotopic (exact) mass is 308 g/mol. The second kappa shape index (κ2) is 7.98. The molecule has 2 rings (SSSR count). The second-order valence-corrected chi connectivity index (χ2v) is 7.40. The van der Waals surface area contributed by atoms with Gasteiger partial charge in [-0.3, -0.25) is 9.59 Å². The van der Waals surface area contributed by atoms with E-state index in [9.17, 15) is 9.59 Å². The Bertz CT molecular complexity index is 383. The maximum absolute atomic E-state index is 12.2. The van der Waals surface area contributed by atoms with E-state index < -0.39 is 6.04 Å². The van der Waals surface area contributed by atoms with Gasteiger partial charge in [0.15, 0.2) is 0 Å². The van der Waals surface area contributed by atoms with Crippen LogP contribution in [0, 0.1) is 11.3 Å². The molecule has 0 heterocycles. The van der Waals surface area contributed by atoms with Crippen molar-refractivity contribution in [3.63, 3.8) is 0 Å². The molecule has 126 valence electrons. The molecule has 0 saturated heterocycles. The van der Waals surface area contributed by atoms with Crippen LogP contribution in [0.3, 0.4) is 0 Å². The van der Waals surface area contributed by atoms with E-state index in [1.54, 1.807) is 6.92 Å². The average Bonchev–Trinajstić information content (AvgIpc) is 2.53. The van der Waals surface area contributed by atoms with Crippen molar-refractivity contribution in [3.8, 4) is 0 Å². The van der Waals surface area contributed by atoms with Gasteiger partial charge in [-0.15, -0.1) is 0 Å². The van der Waals surface area contributed by atoms with Gasteiger partial charge < -0.3 is 10.6 Å². The molecule has 2 amide bonds. The van der Waals surface area contributed by atoms with E-state index in [0.29, 0.717) is 5.41 Å². The SMILES string of the molecule is CC(=O)NC(C)C(=O)NCC1(C2CCCCC2)CCCCC1. The zero-order valence-corrected chi connectivity index (χ0v) is 14.2. The normalized spacial score (nSPS) is 23.5. The lowest BCUT2D eigenvalue weighted by molar-refractivity contribution is -0.128. The summed E-state index contributed by atoms with van der Waals surface area (Å²) in [5, 5.41) is 5.81. The van der Waals surface area contributed by atoms with Crippen LogP contribution in [-0.4, -0.2) is 24.4 Å². The Labute approximate surface area is 134 Å². The molecule has 2 N–H and O–H groups in total. The topological polar surface area (TPSA) is 58.2 Å². The van der Waals surface area contributed by atoms with Crippen LogP contribution < -0.4 is 10.6 Å². The lowest BCUT2D eigenvalue weighted by Gasteiger charge is -2.45. The predicted molar refractivity (Wildman–Crippen MR) is 88.4 cm³/mol. The first-order valence-electron chi connectivity index (χ1n) is 9.08. The molecule has 0 spiro atoms. The summed E-state index contributed by atoms with van der Waals surface area (Å²) in [6, 6.07) is -0.440. The van der Waals surface area contributed by atoms with Gasteiger partial charge in [0.25, 0.3) is 0 Å². The fraction of sp³-hybridized carbons (Fsp3) is 0.889. The first-order valence-corrected chi connectivity index (χ1v) is 9.08. The highest BCUT2D eigenvalue weighted by atomic mass is 16.2. The fourth-order valence-corrected chi connectivity index (χ4v) is 4.49. The van der Waals surface area contributed by atoms with Gasteiger partial charge in [-0.05, 0) is 43.9 Å². The third-order valence-corrected chi connectivity index (χ3v) is 5.75. The molecule has 0 aliphatic heterocycles. The highest BCUT2D eigenvalue weighted by molar-refractivity contribution is 5.86. The standard InChI is InChI=1S/C18H32N2O2/c1-14(20-15(2)21)17(22)19-13-18(11-7-4-8-12-18)16-9-5-3-6-10-16/h14,16H,3-13H2,1-2H3,(H,19,22)(H,20,21). The maximum atomic E-state index is 12.2. The Balaban J connectivity index is 1.94. The van der Waals surface area contributed by atoms with Crippen LogP contribution in [0.1, 0.15) is 78.1 Å². The molecule has 2 saturated carbocycles. The van der Waals surface area contributed by atoms with Crippen LogP contribution in [0.2, 0.25) is 0 Å². The summed E-state index contributed by atoms with van der Waals surface area (Å²) >= 11 is 0. The average molecular weight is 308 g/mol. The van der Waals surface area contributed by atoms with E-state index in [4.69, 9.17) is 0 Å². The lowest BCUT2D eigenvalue weighted by atomic mass is 9.61. The summed E-state index contributed by atoms with van der Waals surface area (Å²) < 4.78 is 0.